The van der Waals surface area contributed by atoms with Gasteiger partial charge in [0.1, 0.15) is 12.4 Å². The third-order valence-corrected chi connectivity index (χ3v) is 6.43. The molecule has 0 fully saturated rings. The molecule has 0 saturated heterocycles. The Balaban J connectivity index is 1.63. The van der Waals surface area contributed by atoms with Gasteiger partial charge in [-0.2, -0.15) is 0 Å². The normalized spacial score (nSPS) is 10.7. The van der Waals surface area contributed by atoms with Gasteiger partial charge in [-0.05, 0) is 61.4 Å². The lowest BCUT2D eigenvalue weighted by Gasteiger charge is -2.11. The average Bonchev–Trinajstić information content (AvgIpc) is 3.12. The van der Waals surface area contributed by atoms with E-state index in [-0.39, 0.29) is 18.3 Å². The molecule has 0 saturated carbocycles. The van der Waals surface area contributed by atoms with Crippen molar-refractivity contribution in [2.45, 2.75) is 32.2 Å². The number of rotatable bonds is 9. The number of hydrogen-bond donors (Lipinski definition) is 1. The van der Waals surface area contributed by atoms with Crippen molar-refractivity contribution in [3.05, 3.63) is 75.5 Å². The van der Waals surface area contributed by atoms with Crippen molar-refractivity contribution in [1.82, 2.24) is 14.8 Å². The lowest BCUT2D eigenvalue weighted by molar-refractivity contribution is -0.113. The summed E-state index contributed by atoms with van der Waals surface area (Å²) in [5.41, 5.74) is 2.65. The van der Waals surface area contributed by atoms with E-state index in [4.69, 9.17) is 16.3 Å². The van der Waals surface area contributed by atoms with Crippen LogP contribution in [0.4, 0.5) is 5.69 Å². The zero-order valence-corrected chi connectivity index (χ0v) is 20.4. The van der Waals surface area contributed by atoms with E-state index in [9.17, 15) is 4.79 Å². The molecule has 2 aromatic carbocycles. The summed E-state index contributed by atoms with van der Waals surface area (Å²) >= 11 is 10.9. The van der Waals surface area contributed by atoms with Crippen molar-refractivity contribution < 1.29 is 9.53 Å². The summed E-state index contributed by atoms with van der Waals surface area (Å²) in [4.78, 5) is 12.3. The summed E-state index contributed by atoms with van der Waals surface area (Å²) in [6, 6.07) is 11.2. The minimum Gasteiger partial charge on any atom is -0.486 e. The molecule has 1 N–H and O–H groups in total. The van der Waals surface area contributed by atoms with Gasteiger partial charge in [-0.3, -0.25) is 9.36 Å². The number of amides is 1. The smallest absolute Gasteiger partial charge is 0.234 e. The summed E-state index contributed by atoms with van der Waals surface area (Å²) < 4.78 is 8.76. The zero-order valence-electron chi connectivity index (χ0n) is 17.2. The monoisotopic (exact) mass is 520 g/mol. The van der Waals surface area contributed by atoms with Crippen molar-refractivity contribution in [3.8, 4) is 5.75 Å². The second kappa shape index (κ2) is 10.8. The fraction of sp³-hybridized carbons (Fsp3) is 0.227. The van der Waals surface area contributed by atoms with Crippen molar-refractivity contribution in [2.24, 2.45) is 0 Å². The number of halogens is 2. The van der Waals surface area contributed by atoms with E-state index in [1.54, 1.807) is 6.08 Å². The van der Waals surface area contributed by atoms with Crippen molar-refractivity contribution in [2.75, 3.05) is 11.1 Å². The number of carbonyl (C=O) groups is 1. The van der Waals surface area contributed by atoms with Crippen molar-refractivity contribution in [3.63, 3.8) is 0 Å². The average molecular weight is 522 g/mol. The first-order valence-corrected chi connectivity index (χ1v) is 11.6. The zero-order chi connectivity index (χ0) is 22.4. The number of thioether (sulfide) groups is 1. The van der Waals surface area contributed by atoms with Gasteiger partial charge >= 0.3 is 0 Å². The van der Waals surface area contributed by atoms with E-state index in [1.807, 2.05) is 54.8 Å². The fourth-order valence-electron chi connectivity index (χ4n) is 2.84. The highest BCUT2D eigenvalue weighted by Crippen LogP contribution is 2.27. The van der Waals surface area contributed by atoms with Crippen LogP contribution in [0.2, 0.25) is 5.02 Å². The fourth-order valence-corrected chi connectivity index (χ4v) is 3.98. The number of nitrogens with one attached hydrogen (secondary N) is 1. The number of nitrogens with zero attached hydrogens (tertiary/aromatic N) is 3. The van der Waals surface area contributed by atoms with Crippen LogP contribution in [0, 0.1) is 13.8 Å². The molecule has 0 radical (unpaired) electrons. The van der Waals surface area contributed by atoms with Crippen LogP contribution in [0.5, 0.6) is 5.75 Å². The third kappa shape index (κ3) is 6.35. The van der Waals surface area contributed by atoms with Gasteiger partial charge in [0.05, 0.1) is 5.75 Å². The van der Waals surface area contributed by atoms with Gasteiger partial charge < -0.3 is 10.1 Å². The summed E-state index contributed by atoms with van der Waals surface area (Å²) in [5, 5.41) is 12.7. The SMILES string of the molecule is C=CCn1c(COc2cc(C)c(Cl)c(C)c2)nnc1SCC(=O)Nc1ccc(Br)cc1. The number of hydrogen-bond acceptors (Lipinski definition) is 5. The first-order chi connectivity index (χ1) is 14.9. The number of carbonyl (C=O) groups excluding carboxylic acids is 1. The first-order valence-electron chi connectivity index (χ1n) is 9.48. The Labute approximate surface area is 199 Å². The van der Waals surface area contributed by atoms with E-state index < -0.39 is 0 Å². The second-order valence-electron chi connectivity index (χ2n) is 6.80. The second-order valence-corrected chi connectivity index (χ2v) is 9.04. The van der Waals surface area contributed by atoms with Gasteiger partial charge in [0, 0.05) is 21.7 Å². The van der Waals surface area contributed by atoms with E-state index >= 15 is 0 Å². The Bertz CT molecular complexity index is 1060. The van der Waals surface area contributed by atoms with Crippen LogP contribution in [0.15, 0.2) is 58.7 Å². The van der Waals surface area contributed by atoms with Crippen molar-refractivity contribution >= 4 is 50.9 Å². The van der Waals surface area contributed by atoms with Gasteiger partial charge in [0.2, 0.25) is 5.91 Å². The van der Waals surface area contributed by atoms with Gasteiger partial charge in [-0.1, -0.05) is 45.4 Å². The summed E-state index contributed by atoms with van der Waals surface area (Å²) in [6.45, 7) is 8.44. The predicted molar refractivity (Wildman–Crippen MR) is 129 cm³/mol. The molecule has 0 aliphatic carbocycles. The summed E-state index contributed by atoms with van der Waals surface area (Å²) in [6.07, 6.45) is 1.76. The van der Waals surface area contributed by atoms with Crippen LogP contribution in [-0.2, 0) is 17.9 Å². The van der Waals surface area contributed by atoms with Crippen LogP contribution in [0.1, 0.15) is 17.0 Å². The summed E-state index contributed by atoms with van der Waals surface area (Å²) in [5.74, 6) is 1.46. The molecule has 0 aliphatic rings. The minimum atomic E-state index is -0.120. The van der Waals surface area contributed by atoms with Crippen LogP contribution in [-0.4, -0.2) is 26.4 Å². The molecule has 3 rings (SSSR count). The molecule has 1 heterocycles. The number of aromatic nitrogens is 3. The van der Waals surface area contributed by atoms with Crippen LogP contribution in [0.3, 0.4) is 0 Å². The highest BCUT2D eigenvalue weighted by molar-refractivity contribution is 9.10. The third-order valence-electron chi connectivity index (χ3n) is 4.34. The topological polar surface area (TPSA) is 69.0 Å². The molecule has 3 aromatic rings. The Morgan fingerprint density at radius 3 is 2.58 bits per heavy atom. The molecular formula is C22H22BrClN4O2S. The maximum atomic E-state index is 12.3. The Morgan fingerprint density at radius 1 is 1.26 bits per heavy atom. The molecule has 0 spiro atoms. The van der Waals surface area contributed by atoms with Crippen LogP contribution >= 0.6 is 39.3 Å². The van der Waals surface area contributed by atoms with Gasteiger partial charge in [-0.15, -0.1) is 16.8 Å². The lowest BCUT2D eigenvalue weighted by Crippen LogP contribution is -2.15. The Morgan fingerprint density at radius 2 is 1.94 bits per heavy atom. The summed E-state index contributed by atoms with van der Waals surface area (Å²) in [7, 11) is 0. The molecule has 31 heavy (non-hydrogen) atoms. The van der Waals surface area contributed by atoms with Crippen molar-refractivity contribution in [1.29, 1.82) is 0 Å². The van der Waals surface area contributed by atoms with E-state index in [0.717, 1.165) is 32.1 Å². The number of anilines is 1. The van der Waals surface area contributed by atoms with E-state index in [1.165, 1.54) is 11.8 Å². The minimum absolute atomic E-state index is 0.120. The molecule has 0 atom stereocenters. The molecule has 1 amide bonds. The number of aryl methyl sites for hydroxylation is 2. The van der Waals surface area contributed by atoms with E-state index in [0.29, 0.717) is 17.5 Å². The quantitative estimate of drug-likeness (QED) is 0.284. The Kier molecular flexibility index (Phi) is 8.17. The molecule has 6 nitrogen and oxygen atoms in total. The molecule has 0 unspecified atom stereocenters. The van der Waals surface area contributed by atoms with Crippen LogP contribution < -0.4 is 10.1 Å². The Hall–Kier alpha value is -2.29. The predicted octanol–water partition coefficient (Wildman–Crippen LogP) is 5.81. The standard InChI is InChI=1S/C22H22BrClN4O2S/c1-4-9-28-19(12-30-18-10-14(2)21(24)15(3)11-18)26-27-22(28)31-13-20(29)25-17-7-5-16(23)6-8-17/h4-8,10-11H,1,9,12-13H2,2-3H3,(H,25,29). The molecule has 162 valence electrons. The molecule has 1 aromatic heterocycles. The van der Waals surface area contributed by atoms with E-state index in [2.05, 4.69) is 38.0 Å². The van der Waals surface area contributed by atoms with Gasteiger partial charge in [0.25, 0.3) is 0 Å². The largest absolute Gasteiger partial charge is 0.486 e. The highest BCUT2D eigenvalue weighted by Gasteiger charge is 2.15. The number of allylic oxidation sites excluding steroid dienone is 1. The molecule has 0 aliphatic heterocycles. The molecular weight excluding hydrogens is 500 g/mol. The number of ether oxygens (including phenoxy) is 1. The van der Waals surface area contributed by atoms with Gasteiger partial charge in [-0.25, -0.2) is 0 Å². The lowest BCUT2D eigenvalue weighted by atomic mass is 10.1. The van der Waals surface area contributed by atoms with Gasteiger partial charge in [0.15, 0.2) is 11.0 Å². The molecule has 0 bridgehead atoms. The molecule has 9 heteroatoms. The maximum Gasteiger partial charge on any atom is 0.234 e. The highest BCUT2D eigenvalue weighted by atomic mass is 79.9. The first kappa shape index (κ1) is 23.4. The van der Waals surface area contributed by atoms with Crippen LogP contribution in [0.25, 0.3) is 0 Å². The maximum absolute atomic E-state index is 12.3. The number of benzene rings is 2.